The lowest BCUT2D eigenvalue weighted by Crippen LogP contribution is -2.49. The molecule has 0 N–H and O–H groups in total. The Bertz CT molecular complexity index is 1430. The van der Waals surface area contributed by atoms with Crippen LogP contribution in [0.25, 0.3) is 0 Å². The van der Waals surface area contributed by atoms with Gasteiger partial charge in [0.15, 0.2) is 5.17 Å². The lowest BCUT2D eigenvalue weighted by atomic mass is 10.1. The van der Waals surface area contributed by atoms with E-state index in [1.165, 1.54) is 16.8 Å². The van der Waals surface area contributed by atoms with E-state index in [1.54, 1.807) is 16.7 Å². The molecule has 198 valence electrons. The van der Waals surface area contributed by atoms with Gasteiger partial charge in [0.25, 0.3) is 5.91 Å². The summed E-state index contributed by atoms with van der Waals surface area (Å²) in [4.78, 5) is 42.2. The van der Waals surface area contributed by atoms with E-state index in [0.29, 0.717) is 42.7 Å². The van der Waals surface area contributed by atoms with Gasteiger partial charge in [0.2, 0.25) is 5.91 Å². The molecule has 6 rings (SSSR count). The number of anilines is 1. The van der Waals surface area contributed by atoms with Crippen LogP contribution in [0.2, 0.25) is 0 Å². The van der Waals surface area contributed by atoms with Crippen molar-refractivity contribution in [3.8, 4) is 0 Å². The van der Waals surface area contributed by atoms with Gasteiger partial charge in [-0.1, -0.05) is 71.9 Å². The first-order chi connectivity index (χ1) is 19.1. The average Bonchev–Trinajstić information content (AvgIpc) is 3.32. The maximum atomic E-state index is 13.6. The van der Waals surface area contributed by atoms with Crippen molar-refractivity contribution in [1.82, 2.24) is 9.80 Å². The molecule has 3 aliphatic rings. The highest BCUT2D eigenvalue weighted by atomic mass is 32.2. The standard InChI is InChI=1S/C31H31N5O2S/c1-22-11-13-23(14-12-22)21-39-31-33-26-10-6-5-9-25(26)29-32-27(30(38)36(29)31)15-16-28(37)35-19-17-34(18-20-35)24-7-3-2-4-8-24/h2-14,27H,15-21H2,1H3/t27-/m1/s1. The van der Waals surface area contributed by atoms with Crippen molar-refractivity contribution in [3.05, 3.63) is 95.6 Å². The van der Waals surface area contributed by atoms with Gasteiger partial charge in [-0.2, -0.15) is 0 Å². The molecule has 0 aromatic heterocycles. The predicted molar refractivity (Wildman–Crippen MR) is 158 cm³/mol. The first-order valence-electron chi connectivity index (χ1n) is 13.4. The zero-order valence-electron chi connectivity index (χ0n) is 22.0. The SMILES string of the molecule is Cc1ccc(CSC2=Nc3ccccc3C3=N[C@H](CCC(=O)N4CCN(c5ccccc5)CC4)C(=O)N23)cc1. The minimum atomic E-state index is -0.578. The summed E-state index contributed by atoms with van der Waals surface area (Å²) in [7, 11) is 0. The lowest BCUT2D eigenvalue weighted by Gasteiger charge is -2.36. The largest absolute Gasteiger partial charge is 0.368 e. The number of para-hydroxylation sites is 2. The summed E-state index contributed by atoms with van der Waals surface area (Å²) in [5, 5.41) is 0.642. The van der Waals surface area contributed by atoms with Crippen molar-refractivity contribution in [2.45, 2.75) is 31.6 Å². The van der Waals surface area contributed by atoms with Crippen LogP contribution in [0.3, 0.4) is 0 Å². The number of amidine groups is 2. The van der Waals surface area contributed by atoms with Crippen molar-refractivity contribution in [3.63, 3.8) is 0 Å². The molecule has 3 aromatic carbocycles. The Kier molecular flexibility index (Phi) is 7.20. The van der Waals surface area contributed by atoms with E-state index in [0.717, 1.165) is 24.3 Å². The number of benzene rings is 3. The van der Waals surface area contributed by atoms with Gasteiger partial charge in [0.1, 0.15) is 11.9 Å². The number of nitrogens with zero attached hydrogens (tertiary/aromatic N) is 5. The number of piperazine rings is 1. The van der Waals surface area contributed by atoms with Crippen LogP contribution in [0.1, 0.15) is 29.5 Å². The van der Waals surface area contributed by atoms with Crippen LogP contribution >= 0.6 is 11.8 Å². The average molecular weight is 538 g/mol. The molecular weight excluding hydrogens is 506 g/mol. The molecule has 7 nitrogen and oxygen atoms in total. The number of aryl methyl sites for hydroxylation is 1. The number of aliphatic imine (C=N–C) groups is 2. The fourth-order valence-corrected chi connectivity index (χ4v) is 6.15. The van der Waals surface area contributed by atoms with Crippen LogP contribution < -0.4 is 4.90 Å². The highest BCUT2D eigenvalue weighted by molar-refractivity contribution is 8.13. The second kappa shape index (κ2) is 11.1. The normalized spacial score (nSPS) is 18.4. The van der Waals surface area contributed by atoms with Crippen LogP contribution in [-0.4, -0.2) is 64.8 Å². The van der Waals surface area contributed by atoms with Gasteiger partial charge in [0.05, 0.1) is 5.69 Å². The zero-order chi connectivity index (χ0) is 26.8. The molecule has 1 atom stereocenters. The molecule has 8 heteroatoms. The number of hydrogen-bond acceptors (Lipinski definition) is 6. The molecule has 3 heterocycles. The van der Waals surface area contributed by atoms with E-state index < -0.39 is 6.04 Å². The Balaban J connectivity index is 1.11. The molecule has 1 fully saturated rings. The van der Waals surface area contributed by atoms with E-state index in [1.807, 2.05) is 47.4 Å². The van der Waals surface area contributed by atoms with Crippen molar-refractivity contribution < 1.29 is 9.59 Å². The summed E-state index contributed by atoms with van der Waals surface area (Å²) in [6.07, 6.45) is 0.700. The molecule has 2 amide bonds. The maximum Gasteiger partial charge on any atom is 0.259 e. The second-order valence-electron chi connectivity index (χ2n) is 10.1. The third kappa shape index (κ3) is 5.34. The van der Waals surface area contributed by atoms with E-state index in [4.69, 9.17) is 9.98 Å². The van der Waals surface area contributed by atoms with Crippen LogP contribution in [0.15, 0.2) is 88.8 Å². The number of amides is 2. The first-order valence-corrected chi connectivity index (χ1v) is 14.4. The topological polar surface area (TPSA) is 68.6 Å². The Morgan fingerprint density at radius 1 is 0.923 bits per heavy atom. The van der Waals surface area contributed by atoms with Crippen molar-refractivity contribution in [2.75, 3.05) is 31.1 Å². The van der Waals surface area contributed by atoms with Crippen molar-refractivity contribution in [2.24, 2.45) is 9.98 Å². The summed E-state index contributed by atoms with van der Waals surface area (Å²) < 4.78 is 0. The molecule has 1 saturated heterocycles. The first kappa shape index (κ1) is 25.4. The molecule has 0 radical (unpaired) electrons. The maximum absolute atomic E-state index is 13.6. The van der Waals surface area contributed by atoms with Gasteiger partial charge < -0.3 is 9.80 Å². The number of carbonyl (C=O) groups is 2. The molecular formula is C31H31N5O2S. The predicted octanol–water partition coefficient (Wildman–Crippen LogP) is 5.02. The molecule has 0 aliphatic carbocycles. The minimum absolute atomic E-state index is 0.0867. The van der Waals surface area contributed by atoms with Gasteiger partial charge in [-0.25, -0.2) is 9.89 Å². The van der Waals surface area contributed by atoms with E-state index >= 15 is 0 Å². The van der Waals surface area contributed by atoms with Gasteiger partial charge in [-0.05, 0) is 43.2 Å². The molecule has 3 aliphatic heterocycles. The molecule has 0 unspecified atom stereocenters. The van der Waals surface area contributed by atoms with Crippen LogP contribution in [0.5, 0.6) is 0 Å². The lowest BCUT2D eigenvalue weighted by molar-refractivity contribution is -0.131. The smallest absolute Gasteiger partial charge is 0.259 e. The van der Waals surface area contributed by atoms with Gasteiger partial charge in [0, 0.05) is 49.6 Å². The Hall–Kier alpha value is -3.91. The summed E-state index contributed by atoms with van der Waals surface area (Å²) in [6, 6.07) is 25.9. The summed E-state index contributed by atoms with van der Waals surface area (Å²) in [6.45, 7) is 5.06. The van der Waals surface area contributed by atoms with E-state index in [-0.39, 0.29) is 11.8 Å². The monoisotopic (exact) mass is 537 g/mol. The minimum Gasteiger partial charge on any atom is -0.368 e. The fraction of sp³-hybridized carbons (Fsp3) is 0.290. The van der Waals surface area contributed by atoms with Crippen molar-refractivity contribution in [1.29, 1.82) is 0 Å². The molecule has 0 spiro atoms. The fourth-order valence-electron chi connectivity index (χ4n) is 5.19. The zero-order valence-corrected chi connectivity index (χ0v) is 22.8. The number of hydrogen-bond donors (Lipinski definition) is 0. The van der Waals surface area contributed by atoms with E-state index in [9.17, 15) is 9.59 Å². The van der Waals surface area contributed by atoms with Gasteiger partial charge in [-0.3, -0.25) is 14.6 Å². The number of rotatable bonds is 6. The third-order valence-corrected chi connectivity index (χ3v) is 8.43. The van der Waals surface area contributed by atoms with Gasteiger partial charge in [-0.15, -0.1) is 0 Å². The Labute approximate surface area is 233 Å². The molecule has 39 heavy (non-hydrogen) atoms. The summed E-state index contributed by atoms with van der Waals surface area (Å²) in [5.74, 6) is 1.34. The molecule has 3 aromatic rings. The molecule has 0 saturated carbocycles. The number of fused-ring (bicyclic) bond motifs is 3. The Morgan fingerprint density at radius 2 is 1.64 bits per heavy atom. The van der Waals surface area contributed by atoms with Crippen LogP contribution in [-0.2, 0) is 15.3 Å². The Morgan fingerprint density at radius 3 is 2.41 bits per heavy atom. The highest BCUT2D eigenvalue weighted by Crippen LogP contribution is 2.35. The third-order valence-electron chi connectivity index (χ3n) is 7.42. The van der Waals surface area contributed by atoms with Crippen molar-refractivity contribution >= 4 is 46.0 Å². The van der Waals surface area contributed by atoms with Gasteiger partial charge >= 0.3 is 0 Å². The number of thioether (sulfide) groups is 1. The number of carbonyl (C=O) groups excluding carboxylic acids is 2. The van der Waals surface area contributed by atoms with Crippen LogP contribution in [0, 0.1) is 6.92 Å². The van der Waals surface area contributed by atoms with E-state index in [2.05, 4.69) is 48.2 Å². The second-order valence-corrected chi connectivity index (χ2v) is 11.0. The quantitative estimate of drug-likeness (QED) is 0.443. The highest BCUT2D eigenvalue weighted by Gasteiger charge is 2.41. The summed E-state index contributed by atoms with van der Waals surface area (Å²) >= 11 is 1.54. The molecule has 0 bridgehead atoms. The summed E-state index contributed by atoms with van der Waals surface area (Å²) in [5.41, 5.74) is 5.25. The van der Waals surface area contributed by atoms with Crippen LogP contribution in [0.4, 0.5) is 11.4 Å².